The highest BCUT2D eigenvalue weighted by atomic mass is 19.1. The van der Waals surface area contributed by atoms with E-state index in [1.807, 2.05) is 0 Å². The number of aliphatic hydroxyl groups excluding tert-OH is 2. The van der Waals surface area contributed by atoms with Gasteiger partial charge in [0.05, 0.1) is 12.9 Å². The predicted octanol–water partition coefficient (Wildman–Crippen LogP) is -0.406. The molecule has 0 radical (unpaired) electrons. The zero-order valence-electron chi connectivity index (χ0n) is 11.3. The number of rotatable bonds is 5. The Bertz CT molecular complexity index is 778. The lowest BCUT2D eigenvalue weighted by Crippen LogP contribution is -2.49. The predicted molar refractivity (Wildman–Crippen MR) is 68.9 cm³/mol. The van der Waals surface area contributed by atoms with Crippen LogP contribution in [0.25, 0.3) is 11.0 Å². The second-order valence-corrected chi connectivity index (χ2v) is 4.50. The van der Waals surface area contributed by atoms with E-state index in [0.29, 0.717) is 10.8 Å². The smallest absolute Gasteiger partial charge is 0.263 e. The van der Waals surface area contributed by atoms with Crippen LogP contribution in [-0.2, 0) is 4.74 Å². The third-order valence-corrected chi connectivity index (χ3v) is 3.36. The molecule has 2 heterocycles. The molecule has 2 rings (SSSR count). The van der Waals surface area contributed by atoms with E-state index in [4.69, 9.17) is 5.26 Å². The van der Waals surface area contributed by atoms with E-state index in [0.717, 1.165) is 13.4 Å². The Balaban J connectivity index is 2.55. The zero-order valence-corrected chi connectivity index (χ0v) is 11.3. The molecule has 0 aromatic carbocycles. The summed E-state index contributed by atoms with van der Waals surface area (Å²) in [7, 11) is 1.01. The zero-order chi connectivity index (χ0) is 16.5. The van der Waals surface area contributed by atoms with Gasteiger partial charge in [-0.2, -0.15) is 5.26 Å². The minimum absolute atomic E-state index is 0.353. The molecule has 0 aliphatic carbocycles. The maximum Gasteiger partial charge on any atom is 0.263 e. The van der Waals surface area contributed by atoms with Gasteiger partial charge in [0.25, 0.3) is 5.56 Å². The van der Waals surface area contributed by atoms with Gasteiger partial charge in [-0.05, 0) is 0 Å². The summed E-state index contributed by atoms with van der Waals surface area (Å²) >= 11 is 0. The Morgan fingerprint density at radius 2 is 2.36 bits per heavy atom. The molecule has 2 aromatic heterocycles. The average Bonchev–Trinajstić information content (AvgIpc) is 2.87. The second kappa shape index (κ2) is 5.80. The van der Waals surface area contributed by atoms with Gasteiger partial charge in [-0.3, -0.25) is 9.36 Å². The summed E-state index contributed by atoms with van der Waals surface area (Å²) in [4.78, 5) is 17.3. The van der Waals surface area contributed by atoms with Crippen molar-refractivity contribution in [2.24, 2.45) is 0 Å². The van der Waals surface area contributed by atoms with Crippen LogP contribution >= 0.6 is 0 Å². The van der Waals surface area contributed by atoms with Gasteiger partial charge in [0, 0.05) is 13.3 Å². The summed E-state index contributed by atoms with van der Waals surface area (Å²) in [5.74, 6) is -1.04. The molecule has 118 valence electrons. The third-order valence-electron chi connectivity index (χ3n) is 3.36. The maximum atomic E-state index is 14.5. The third kappa shape index (κ3) is 2.25. The molecular weight excluding hydrogens is 302 g/mol. The van der Waals surface area contributed by atoms with E-state index in [1.54, 1.807) is 0 Å². The molecule has 0 aliphatic heterocycles. The number of hydrogen-bond acceptors (Lipinski definition) is 6. The van der Waals surface area contributed by atoms with Crippen LogP contribution in [0.15, 0.2) is 17.3 Å². The van der Waals surface area contributed by atoms with Gasteiger partial charge >= 0.3 is 0 Å². The molecule has 2 aromatic rings. The Morgan fingerprint density at radius 1 is 1.68 bits per heavy atom. The van der Waals surface area contributed by atoms with Crippen LogP contribution in [0.3, 0.4) is 0 Å². The first-order valence-electron chi connectivity index (χ1n) is 6.05. The van der Waals surface area contributed by atoms with Crippen LogP contribution in [0.1, 0.15) is 6.30 Å². The van der Waals surface area contributed by atoms with Crippen LogP contribution in [0, 0.1) is 17.1 Å². The summed E-state index contributed by atoms with van der Waals surface area (Å²) in [5.41, 5.74) is -3.41. The molecule has 0 saturated heterocycles. The van der Waals surface area contributed by atoms with E-state index in [2.05, 4.69) is 14.7 Å². The van der Waals surface area contributed by atoms with Gasteiger partial charge in [0.2, 0.25) is 11.9 Å². The minimum Gasteiger partial charge on any atom is -0.392 e. The van der Waals surface area contributed by atoms with Crippen LogP contribution < -0.4 is 5.56 Å². The average molecular weight is 314 g/mol. The molecule has 0 bridgehead atoms. The quantitative estimate of drug-likeness (QED) is 0.689. The van der Waals surface area contributed by atoms with Gasteiger partial charge in [-0.25, -0.2) is 13.8 Å². The number of nitrogens with one attached hydrogen (secondary N) is 1. The van der Waals surface area contributed by atoms with Crippen molar-refractivity contribution in [3.63, 3.8) is 0 Å². The fraction of sp³-hybridized carbons (Fsp3) is 0.417. The maximum absolute atomic E-state index is 14.5. The molecule has 0 spiro atoms. The van der Waals surface area contributed by atoms with E-state index in [9.17, 15) is 23.8 Å². The largest absolute Gasteiger partial charge is 0.392 e. The molecule has 8 nitrogen and oxygen atoms in total. The van der Waals surface area contributed by atoms with Gasteiger partial charge < -0.3 is 19.9 Å². The van der Waals surface area contributed by atoms with Gasteiger partial charge in [0.1, 0.15) is 17.6 Å². The highest BCUT2D eigenvalue weighted by Gasteiger charge is 2.44. The van der Waals surface area contributed by atoms with Gasteiger partial charge in [-0.1, -0.05) is 0 Å². The number of aliphatic hydroxyl groups is 2. The molecule has 3 unspecified atom stereocenters. The number of H-pyrrole nitrogens is 1. The van der Waals surface area contributed by atoms with Crippen LogP contribution in [-0.4, -0.2) is 50.2 Å². The van der Waals surface area contributed by atoms with E-state index in [1.165, 1.54) is 6.07 Å². The number of ether oxygens (including phenoxy) is 1. The van der Waals surface area contributed by atoms with Gasteiger partial charge in [0.15, 0.2) is 11.5 Å². The summed E-state index contributed by atoms with van der Waals surface area (Å²) in [6.07, 6.45) is -2.95. The van der Waals surface area contributed by atoms with Crippen molar-refractivity contribution in [2.45, 2.75) is 18.0 Å². The fourth-order valence-electron chi connectivity index (χ4n) is 2.04. The molecule has 10 heteroatoms. The number of nitriles is 1. The Labute approximate surface area is 122 Å². The summed E-state index contributed by atoms with van der Waals surface area (Å²) in [6.45, 7) is -0.989. The van der Waals surface area contributed by atoms with E-state index in [-0.39, 0.29) is 5.65 Å². The van der Waals surface area contributed by atoms with Crippen molar-refractivity contribution in [3.05, 3.63) is 28.7 Å². The standard InChI is InChI=1S/C12H12F2N4O4/c1-22-12(3-15,4-19)8(20)9(14)18-2-6(13)7-10(18)16-5-17-11(7)21/h2,5,8-9,19-20H,4H2,1H3,(H,16,17,21). The van der Waals surface area contributed by atoms with Crippen molar-refractivity contribution in [1.29, 1.82) is 5.26 Å². The number of aromatic nitrogens is 3. The van der Waals surface area contributed by atoms with Crippen molar-refractivity contribution >= 4 is 11.0 Å². The highest BCUT2D eigenvalue weighted by Crippen LogP contribution is 2.29. The van der Waals surface area contributed by atoms with E-state index < -0.39 is 41.4 Å². The monoisotopic (exact) mass is 314 g/mol. The lowest BCUT2D eigenvalue weighted by Gasteiger charge is -2.30. The number of halogens is 2. The van der Waals surface area contributed by atoms with Crippen molar-refractivity contribution in [3.8, 4) is 6.07 Å². The second-order valence-electron chi connectivity index (χ2n) is 4.50. The van der Waals surface area contributed by atoms with Crippen LogP contribution in [0.2, 0.25) is 0 Å². The number of aromatic amines is 1. The normalized spacial score (nSPS) is 16.9. The molecule has 0 saturated carbocycles. The van der Waals surface area contributed by atoms with Crippen molar-refractivity contribution in [1.82, 2.24) is 14.5 Å². The Morgan fingerprint density at radius 3 is 2.91 bits per heavy atom. The van der Waals surface area contributed by atoms with Crippen LogP contribution in [0.5, 0.6) is 0 Å². The molecule has 0 aliphatic rings. The number of hydrogen-bond donors (Lipinski definition) is 3. The first-order valence-corrected chi connectivity index (χ1v) is 6.05. The topological polar surface area (TPSA) is 124 Å². The number of fused-ring (bicyclic) bond motifs is 1. The number of nitrogens with zero attached hydrogens (tertiary/aromatic N) is 3. The van der Waals surface area contributed by atoms with E-state index >= 15 is 0 Å². The lowest BCUT2D eigenvalue weighted by molar-refractivity contribution is -0.131. The molecule has 3 N–H and O–H groups in total. The Hall–Kier alpha value is -2.35. The molecule has 0 fully saturated rings. The molecule has 3 atom stereocenters. The van der Waals surface area contributed by atoms with Gasteiger partial charge in [-0.15, -0.1) is 0 Å². The first-order chi connectivity index (χ1) is 10.4. The lowest BCUT2D eigenvalue weighted by atomic mass is 9.98. The SMILES string of the molecule is COC(C#N)(CO)C(O)C(F)n1cc(F)c2c(=O)[nH]cnc21. The molecular formula is C12H12F2N4O4. The first kappa shape index (κ1) is 16.0. The summed E-state index contributed by atoms with van der Waals surface area (Å²) < 4.78 is 33.5. The summed E-state index contributed by atoms with van der Waals surface area (Å²) in [5, 5.41) is 27.7. The van der Waals surface area contributed by atoms with Crippen molar-refractivity contribution < 1.29 is 23.7 Å². The molecule has 0 amide bonds. The summed E-state index contributed by atoms with van der Waals surface area (Å²) in [6, 6.07) is 1.47. The number of alkyl halides is 1. The minimum atomic E-state index is -2.38. The Kier molecular flexibility index (Phi) is 4.23. The highest BCUT2D eigenvalue weighted by molar-refractivity contribution is 5.75. The number of methoxy groups -OCH3 is 1. The molecule has 22 heavy (non-hydrogen) atoms. The fourth-order valence-corrected chi connectivity index (χ4v) is 2.04. The van der Waals surface area contributed by atoms with Crippen LogP contribution in [0.4, 0.5) is 8.78 Å². The van der Waals surface area contributed by atoms with Crippen molar-refractivity contribution in [2.75, 3.05) is 13.7 Å².